The fourth-order valence-electron chi connectivity index (χ4n) is 6.23. The lowest BCUT2D eigenvalue weighted by molar-refractivity contribution is -0.0980. The molecule has 2 aromatic rings. The zero-order valence-corrected chi connectivity index (χ0v) is 26.3. The standard InChI is InChI=1S/C32H41ClN2O4S.CH2O/c1-4-6-22-15-26(33)11-13-27(22)25-18-35-17-24-9-12-28(24)30(36)8-5-7-20(2)21(3)40(38)34-32(37)23-10-14-31(39-19-25)29(35)16-23;1-2/h5,8,10-11,13-16,20-21,24-25,28,30,36H,4,6-7,9,12,17-19H2,1-3H3,(H,34,37);1H2/b8-5+;. The third kappa shape index (κ3) is 7.26. The van der Waals surface area contributed by atoms with Gasteiger partial charge in [-0.25, -0.2) is 4.21 Å². The van der Waals surface area contributed by atoms with Gasteiger partial charge in [0, 0.05) is 29.6 Å². The normalized spacial score (nSPS) is 30.3. The average Bonchev–Trinajstić information content (AvgIpc) is 3.14. The number of aliphatic hydroxyl groups excluding tert-OH is 1. The van der Waals surface area contributed by atoms with Crippen LogP contribution in [0.5, 0.6) is 5.75 Å². The van der Waals surface area contributed by atoms with Crippen LogP contribution in [0.25, 0.3) is 0 Å². The zero-order chi connectivity index (χ0) is 30.4. The predicted octanol–water partition coefficient (Wildman–Crippen LogP) is 5.86. The quantitative estimate of drug-likeness (QED) is 0.421. The summed E-state index contributed by atoms with van der Waals surface area (Å²) >= 11 is 6.38. The lowest BCUT2D eigenvalue weighted by Gasteiger charge is -2.42. The SMILES string of the molecule is C=O.CCCc1cc(Cl)ccc1C1COc2ccc3cc2N(C1)CC1CCC1C(O)/C=C/CC(C)C(C)S(=O)NC3=O. The van der Waals surface area contributed by atoms with Gasteiger partial charge >= 0.3 is 0 Å². The summed E-state index contributed by atoms with van der Waals surface area (Å²) in [6.07, 6.45) is 8.14. The van der Waals surface area contributed by atoms with E-state index in [4.69, 9.17) is 21.1 Å². The summed E-state index contributed by atoms with van der Waals surface area (Å²) in [5.74, 6) is 1.13. The highest BCUT2D eigenvalue weighted by molar-refractivity contribution is 7.84. The molecule has 0 aromatic heterocycles. The second-order valence-corrected chi connectivity index (χ2v) is 13.7. The monoisotopic (exact) mass is 614 g/mol. The molecule has 1 saturated carbocycles. The van der Waals surface area contributed by atoms with Crippen molar-refractivity contribution in [1.29, 1.82) is 0 Å². The van der Waals surface area contributed by atoms with E-state index in [1.807, 2.05) is 51.0 Å². The average molecular weight is 615 g/mol. The molecule has 2 heterocycles. The van der Waals surface area contributed by atoms with Gasteiger partial charge in [0.15, 0.2) is 0 Å². The van der Waals surface area contributed by atoms with Gasteiger partial charge < -0.3 is 19.5 Å². The number of allylic oxidation sites excluding steroid dienone is 1. The highest BCUT2D eigenvalue weighted by Crippen LogP contribution is 2.42. The van der Waals surface area contributed by atoms with Gasteiger partial charge in [0.2, 0.25) is 0 Å². The summed E-state index contributed by atoms with van der Waals surface area (Å²) in [6.45, 7) is 10.1. The Kier molecular flexibility index (Phi) is 11.3. The first-order valence-corrected chi connectivity index (χ1v) is 16.5. The molecule has 0 spiro atoms. The summed E-state index contributed by atoms with van der Waals surface area (Å²) in [4.78, 5) is 23.6. The number of carbonyl (C=O) groups excluding carboxylic acids is 2. The van der Waals surface area contributed by atoms with E-state index in [1.165, 1.54) is 11.1 Å². The molecule has 2 bridgehead atoms. The number of anilines is 1. The number of fused-ring (bicyclic) bond motifs is 2. The maximum atomic E-state index is 13.2. The van der Waals surface area contributed by atoms with E-state index in [0.29, 0.717) is 24.5 Å². The van der Waals surface area contributed by atoms with Crippen molar-refractivity contribution < 1.29 is 23.6 Å². The molecular formula is C33H43ClN2O5S. The molecule has 228 valence electrons. The topological polar surface area (TPSA) is 95.9 Å². The second-order valence-electron chi connectivity index (χ2n) is 11.8. The van der Waals surface area contributed by atoms with Gasteiger partial charge in [-0.1, -0.05) is 50.1 Å². The van der Waals surface area contributed by atoms with Crippen molar-refractivity contribution in [2.45, 2.75) is 70.1 Å². The van der Waals surface area contributed by atoms with Crippen LogP contribution in [0, 0.1) is 17.8 Å². The Morgan fingerprint density at radius 3 is 2.64 bits per heavy atom. The van der Waals surface area contributed by atoms with E-state index in [1.54, 1.807) is 6.07 Å². The van der Waals surface area contributed by atoms with Gasteiger partial charge in [0.05, 0.1) is 23.6 Å². The molecule has 42 heavy (non-hydrogen) atoms. The number of nitrogens with zero attached hydrogens (tertiary/aromatic N) is 1. The number of nitrogens with one attached hydrogen (secondary N) is 1. The second kappa shape index (κ2) is 14.7. The molecule has 3 aliphatic rings. The largest absolute Gasteiger partial charge is 0.491 e. The Morgan fingerprint density at radius 1 is 1.14 bits per heavy atom. The highest BCUT2D eigenvalue weighted by Gasteiger charge is 2.38. The summed E-state index contributed by atoms with van der Waals surface area (Å²) in [7, 11) is -1.53. The first-order valence-electron chi connectivity index (χ1n) is 14.9. The Balaban J connectivity index is 0.00000198. The molecule has 2 aromatic carbocycles. The van der Waals surface area contributed by atoms with Crippen LogP contribution in [0.2, 0.25) is 5.02 Å². The Labute approximate surface area is 257 Å². The minimum Gasteiger partial charge on any atom is -0.491 e. The number of amides is 1. The number of hydrogen-bond acceptors (Lipinski definition) is 6. The van der Waals surface area contributed by atoms with Crippen molar-refractivity contribution in [2.24, 2.45) is 17.8 Å². The van der Waals surface area contributed by atoms with Gasteiger partial charge in [-0.05, 0) is 91.8 Å². The lowest BCUT2D eigenvalue weighted by atomic mass is 9.70. The molecule has 7 atom stereocenters. The molecule has 1 aliphatic carbocycles. The molecule has 2 N–H and O–H groups in total. The van der Waals surface area contributed by atoms with Crippen molar-refractivity contribution >= 4 is 41.0 Å². The molecule has 2 aliphatic heterocycles. The lowest BCUT2D eigenvalue weighted by Crippen LogP contribution is -2.44. The van der Waals surface area contributed by atoms with Crippen LogP contribution in [-0.2, 0) is 22.2 Å². The van der Waals surface area contributed by atoms with E-state index >= 15 is 0 Å². The third-order valence-electron chi connectivity index (χ3n) is 9.05. The Bertz CT molecular complexity index is 1300. The summed E-state index contributed by atoms with van der Waals surface area (Å²) in [6, 6.07) is 11.7. The van der Waals surface area contributed by atoms with E-state index < -0.39 is 17.1 Å². The summed E-state index contributed by atoms with van der Waals surface area (Å²) < 4.78 is 22.1. The van der Waals surface area contributed by atoms with Crippen LogP contribution in [0.3, 0.4) is 0 Å². The third-order valence-corrected chi connectivity index (χ3v) is 10.8. The van der Waals surface area contributed by atoms with Crippen LogP contribution in [0.4, 0.5) is 5.69 Å². The number of hydrogen-bond donors (Lipinski definition) is 2. The number of benzene rings is 2. The molecule has 0 saturated heterocycles. The van der Waals surface area contributed by atoms with E-state index in [2.05, 4.69) is 28.7 Å². The number of halogens is 1. The number of rotatable bonds is 3. The summed E-state index contributed by atoms with van der Waals surface area (Å²) in [5.41, 5.74) is 3.83. The van der Waals surface area contributed by atoms with Crippen molar-refractivity contribution in [3.8, 4) is 5.75 Å². The van der Waals surface area contributed by atoms with E-state index in [9.17, 15) is 14.1 Å². The predicted molar refractivity (Wildman–Crippen MR) is 170 cm³/mol. The minimum absolute atomic E-state index is 0.0908. The van der Waals surface area contributed by atoms with Crippen LogP contribution < -0.4 is 14.4 Å². The van der Waals surface area contributed by atoms with Gasteiger partial charge in [0.25, 0.3) is 5.91 Å². The van der Waals surface area contributed by atoms with Crippen molar-refractivity contribution in [2.75, 3.05) is 24.6 Å². The summed E-state index contributed by atoms with van der Waals surface area (Å²) in [5, 5.41) is 11.6. The maximum Gasteiger partial charge on any atom is 0.263 e. The first-order chi connectivity index (χ1) is 20.2. The van der Waals surface area contributed by atoms with Crippen LogP contribution >= 0.6 is 11.6 Å². The molecule has 7 unspecified atom stereocenters. The minimum atomic E-state index is -1.53. The van der Waals surface area contributed by atoms with Crippen molar-refractivity contribution in [1.82, 2.24) is 4.72 Å². The number of ether oxygens (including phenoxy) is 1. The van der Waals surface area contributed by atoms with Crippen LogP contribution in [0.1, 0.15) is 73.9 Å². The molecular weight excluding hydrogens is 572 g/mol. The molecule has 5 rings (SSSR count). The van der Waals surface area contributed by atoms with Crippen molar-refractivity contribution in [3.05, 3.63) is 70.3 Å². The number of carbonyl (C=O) groups is 2. The smallest absolute Gasteiger partial charge is 0.263 e. The molecule has 7 nitrogen and oxygen atoms in total. The molecule has 1 fully saturated rings. The highest BCUT2D eigenvalue weighted by atomic mass is 35.5. The van der Waals surface area contributed by atoms with E-state index in [0.717, 1.165) is 55.2 Å². The fourth-order valence-corrected chi connectivity index (χ4v) is 7.44. The molecule has 0 radical (unpaired) electrons. The molecule has 1 amide bonds. The zero-order valence-electron chi connectivity index (χ0n) is 24.8. The Morgan fingerprint density at radius 2 is 1.93 bits per heavy atom. The van der Waals surface area contributed by atoms with Gasteiger partial charge in [0.1, 0.15) is 23.5 Å². The first kappa shape index (κ1) is 32.2. The van der Waals surface area contributed by atoms with Crippen LogP contribution in [-0.4, -0.2) is 53.1 Å². The Hall–Kier alpha value is -2.68. The number of aliphatic hydroxyl groups is 1. The van der Waals surface area contributed by atoms with Gasteiger partial charge in [-0.15, -0.1) is 0 Å². The fraction of sp³-hybridized carbons (Fsp3) is 0.515. The van der Waals surface area contributed by atoms with Crippen LogP contribution in [0.15, 0.2) is 48.6 Å². The van der Waals surface area contributed by atoms with Gasteiger partial charge in [-0.2, -0.15) is 0 Å². The van der Waals surface area contributed by atoms with Gasteiger partial charge in [-0.3, -0.25) is 9.52 Å². The van der Waals surface area contributed by atoms with Crippen molar-refractivity contribution in [3.63, 3.8) is 0 Å². The molecule has 9 heteroatoms. The number of aryl methyl sites for hydroxylation is 1. The van der Waals surface area contributed by atoms with E-state index in [-0.39, 0.29) is 28.9 Å². The maximum absolute atomic E-state index is 13.2.